The standard InChI is InChI=1S/C18H13NO8S/c19-28(25,26)12-6-2-4-10-16(12)18(24)9-3-1-5-11(15(9)17(10)23)27-14(22)8-7-13(20)21/h1-6H,7-8H2,(H,20,21)(H2,19,25,26). The quantitative estimate of drug-likeness (QED) is 0.469. The van der Waals surface area contributed by atoms with Crippen LogP contribution < -0.4 is 9.88 Å². The molecule has 1 aliphatic carbocycles. The molecule has 0 heterocycles. The Labute approximate surface area is 158 Å². The predicted molar refractivity (Wildman–Crippen MR) is 93.6 cm³/mol. The molecule has 0 atom stereocenters. The minimum atomic E-state index is -4.26. The van der Waals surface area contributed by atoms with Gasteiger partial charge in [0.15, 0.2) is 11.6 Å². The molecule has 2 aromatic rings. The second-order valence-electron chi connectivity index (χ2n) is 5.93. The monoisotopic (exact) mass is 403 g/mol. The predicted octanol–water partition coefficient (Wildman–Crippen LogP) is 0.880. The van der Waals surface area contributed by atoms with Crippen molar-refractivity contribution in [2.24, 2.45) is 5.14 Å². The zero-order chi connectivity index (χ0) is 20.6. The molecule has 144 valence electrons. The zero-order valence-electron chi connectivity index (χ0n) is 14.2. The van der Waals surface area contributed by atoms with E-state index in [9.17, 15) is 27.6 Å². The number of primary sulfonamides is 1. The summed E-state index contributed by atoms with van der Waals surface area (Å²) in [5.41, 5.74) is -0.859. The molecule has 3 N–H and O–H groups in total. The highest BCUT2D eigenvalue weighted by Crippen LogP contribution is 2.35. The van der Waals surface area contributed by atoms with Crippen molar-refractivity contribution in [1.82, 2.24) is 0 Å². The average Bonchev–Trinajstić information content (AvgIpc) is 2.63. The van der Waals surface area contributed by atoms with Gasteiger partial charge in [0.1, 0.15) is 5.75 Å². The van der Waals surface area contributed by atoms with Gasteiger partial charge in [-0.3, -0.25) is 19.2 Å². The topological polar surface area (TPSA) is 158 Å². The lowest BCUT2D eigenvalue weighted by atomic mass is 9.83. The first-order chi connectivity index (χ1) is 13.1. The number of hydrogen-bond acceptors (Lipinski definition) is 7. The maximum atomic E-state index is 12.9. The number of esters is 1. The molecule has 10 heteroatoms. The second-order valence-corrected chi connectivity index (χ2v) is 7.46. The summed E-state index contributed by atoms with van der Waals surface area (Å²) in [4.78, 5) is 47.7. The first-order valence-corrected chi connectivity index (χ1v) is 9.46. The van der Waals surface area contributed by atoms with Crippen LogP contribution in [0.25, 0.3) is 0 Å². The van der Waals surface area contributed by atoms with Crippen molar-refractivity contribution in [2.45, 2.75) is 17.7 Å². The third-order valence-electron chi connectivity index (χ3n) is 4.07. The number of carboxylic acid groups (broad SMARTS) is 1. The number of carboxylic acids is 1. The fourth-order valence-corrected chi connectivity index (χ4v) is 3.64. The number of rotatable bonds is 5. The van der Waals surface area contributed by atoms with Gasteiger partial charge in [-0.2, -0.15) is 0 Å². The molecule has 1 aliphatic rings. The number of sulfonamides is 1. The maximum absolute atomic E-state index is 12.9. The number of ketones is 2. The van der Waals surface area contributed by atoms with Gasteiger partial charge in [0.2, 0.25) is 10.0 Å². The Bertz CT molecular complexity index is 1150. The van der Waals surface area contributed by atoms with E-state index in [0.29, 0.717) is 0 Å². The van der Waals surface area contributed by atoms with Crippen LogP contribution in [0, 0.1) is 0 Å². The normalized spacial score (nSPS) is 12.9. The Morgan fingerprint density at radius 2 is 1.50 bits per heavy atom. The summed E-state index contributed by atoms with van der Waals surface area (Å²) in [7, 11) is -4.26. The van der Waals surface area contributed by atoms with Crippen molar-refractivity contribution in [1.29, 1.82) is 0 Å². The highest BCUT2D eigenvalue weighted by atomic mass is 32.2. The van der Waals surface area contributed by atoms with E-state index in [1.165, 1.54) is 30.3 Å². The van der Waals surface area contributed by atoms with Gasteiger partial charge in [-0.1, -0.05) is 24.3 Å². The molecule has 9 nitrogen and oxygen atoms in total. The molecule has 0 unspecified atom stereocenters. The number of benzene rings is 2. The third kappa shape index (κ3) is 3.42. The number of ether oxygens (including phenoxy) is 1. The lowest BCUT2D eigenvalue weighted by Crippen LogP contribution is -2.26. The van der Waals surface area contributed by atoms with Crippen LogP contribution in [0.3, 0.4) is 0 Å². The van der Waals surface area contributed by atoms with E-state index in [4.69, 9.17) is 15.0 Å². The van der Waals surface area contributed by atoms with Crippen LogP contribution in [0.4, 0.5) is 0 Å². The van der Waals surface area contributed by atoms with Crippen molar-refractivity contribution >= 4 is 33.5 Å². The molecule has 2 aromatic carbocycles. The van der Waals surface area contributed by atoms with E-state index in [1.807, 2.05) is 0 Å². The van der Waals surface area contributed by atoms with E-state index >= 15 is 0 Å². The minimum Gasteiger partial charge on any atom is -0.481 e. The van der Waals surface area contributed by atoms with E-state index < -0.39 is 51.3 Å². The van der Waals surface area contributed by atoms with Crippen molar-refractivity contribution in [3.63, 3.8) is 0 Å². The van der Waals surface area contributed by atoms with Crippen LogP contribution in [0.5, 0.6) is 5.75 Å². The van der Waals surface area contributed by atoms with Crippen molar-refractivity contribution in [2.75, 3.05) is 0 Å². The number of carbonyl (C=O) groups is 4. The van der Waals surface area contributed by atoms with E-state index in [0.717, 1.165) is 6.07 Å². The van der Waals surface area contributed by atoms with Gasteiger partial charge in [0, 0.05) is 11.1 Å². The smallest absolute Gasteiger partial charge is 0.311 e. The van der Waals surface area contributed by atoms with Crippen LogP contribution in [-0.2, 0) is 19.6 Å². The highest BCUT2D eigenvalue weighted by molar-refractivity contribution is 7.89. The molecule has 0 saturated heterocycles. The Morgan fingerprint density at radius 3 is 2.11 bits per heavy atom. The van der Waals surface area contributed by atoms with Crippen LogP contribution in [0.2, 0.25) is 0 Å². The lowest BCUT2D eigenvalue weighted by Gasteiger charge is -2.21. The molecular formula is C18H13NO8S. The van der Waals surface area contributed by atoms with Gasteiger partial charge >= 0.3 is 11.9 Å². The summed E-state index contributed by atoms with van der Waals surface area (Å²) >= 11 is 0. The minimum absolute atomic E-state index is 0.142. The zero-order valence-corrected chi connectivity index (χ0v) is 15.0. The summed E-state index contributed by atoms with van der Waals surface area (Å²) in [6, 6.07) is 7.62. The maximum Gasteiger partial charge on any atom is 0.311 e. The summed E-state index contributed by atoms with van der Waals surface area (Å²) in [6.07, 6.45) is -0.880. The molecule has 0 bridgehead atoms. The van der Waals surface area contributed by atoms with Gasteiger partial charge < -0.3 is 9.84 Å². The Kier molecular flexibility index (Phi) is 4.84. The van der Waals surface area contributed by atoms with Gasteiger partial charge in [0.25, 0.3) is 0 Å². The van der Waals surface area contributed by atoms with Crippen LogP contribution in [0.15, 0.2) is 41.3 Å². The average molecular weight is 403 g/mol. The molecule has 0 spiro atoms. The second kappa shape index (κ2) is 6.98. The molecule has 0 saturated carbocycles. The highest BCUT2D eigenvalue weighted by Gasteiger charge is 2.36. The third-order valence-corrected chi connectivity index (χ3v) is 5.02. The van der Waals surface area contributed by atoms with Crippen LogP contribution in [-0.4, -0.2) is 37.0 Å². The largest absolute Gasteiger partial charge is 0.481 e. The Morgan fingerprint density at radius 1 is 0.929 bits per heavy atom. The van der Waals surface area contributed by atoms with E-state index in [1.54, 1.807) is 0 Å². The van der Waals surface area contributed by atoms with Crippen LogP contribution in [0.1, 0.15) is 44.7 Å². The molecule has 0 aromatic heterocycles. The Hall–Kier alpha value is -3.37. The van der Waals surface area contributed by atoms with Crippen molar-refractivity contribution in [3.05, 3.63) is 58.7 Å². The van der Waals surface area contributed by atoms with E-state index in [-0.39, 0.29) is 28.0 Å². The number of carbonyl (C=O) groups excluding carboxylic acids is 3. The molecular weight excluding hydrogens is 390 g/mol. The van der Waals surface area contributed by atoms with Gasteiger partial charge in [-0.05, 0) is 12.1 Å². The van der Waals surface area contributed by atoms with Crippen LogP contribution >= 0.6 is 0 Å². The van der Waals surface area contributed by atoms with Crippen molar-refractivity contribution < 1.29 is 37.4 Å². The fraction of sp³-hybridized carbons (Fsp3) is 0.111. The lowest BCUT2D eigenvalue weighted by molar-refractivity contribution is -0.142. The molecule has 0 amide bonds. The summed E-state index contributed by atoms with van der Waals surface area (Å²) in [5, 5.41) is 13.8. The molecule has 28 heavy (non-hydrogen) atoms. The number of hydrogen-bond donors (Lipinski definition) is 2. The van der Waals surface area contributed by atoms with Gasteiger partial charge in [0.05, 0.1) is 28.9 Å². The first-order valence-electron chi connectivity index (χ1n) is 7.92. The fourth-order valence-electron chi connectivity index (χ4n) is 2.88. The molecule has 0 fully saturated rings. The van der Waals surface area contributed by atoms with E-state index in [2.05, 4.69) is 0 Å². The summed E-state index contributed by atoms with van der Waals surface area (Å²) < 4.78 is 28.7. The molecule has 0 radical (unpaired) electrons. The van der Waals surface area contributed by atoms with Gasteiger partial charge in [-0.15, -0.1) is 0 Å². The SMILES string of the molecule is NS(=O)(=O)c1cccc2c1C(=O)c1cccc(OC(=O)CCC(=O)O)c1C2=O. The summed E-state index contributed by atoms with van der Waals surface area (Å²) in [5.74, 6) is -3.75. The first kappa shape index (κ1) is 19.4. The number of aliphatic carboxylic acids is 1. The molecule has 3 rings (SSSR count). The Balaban J connectivity index is 2.09. The number of fused-ring (bicyclic) bond motifs is 2. The van der Waals surface area contributed by atoms with Crippen molar-refractivity contribution in [3.8, 4) is 5.75 Å². The van der Waals surface area contributed by atoms with Gasteiger partial charge in [-0.25, -0.2) is 13.6 Å². The summed E-state index contributed by atoms with van der Waals surface area (Å²) in [6.45, 7) is 0. The molecule has 0 aliphatic heterocycles. The number of nitrogens with two attached hydrogens (primary N) is 1.